The number of carbonyl (C=O) groups excluding carboxylic acids is 1. The number of nitrogens with zero attached hydrogens (tertiary/aromatic N) is 3. The van der Waals surface area contributed by atoms with Crippen LogP contribution in [0.1, 0.15) is 17.8 Å². The minimum atomic E-state index is -0.485. The van der Waals surface area contributed by atoms with Crippen LogP contribution in [-0.2, 0) is 17.8 Å². The number of hydrogen-bond acceptors (Lipinski definition) is 4. The lowest BCUT2D eigenvalue weighted by Gasteiger charge is -2.13. The Hall–Kier alpha value is -3.55. The Kier molecular flexibility index (Phi) is 7.86. The third kappa shape index (κ3) is 6.47. The molecule has 0 saturated heterocycles. The number of aryl methyl sites for hydroxylation is 2. The summed E-state index contributed by atoms with van der Waals surface area (Å²) in [5, 5.41) is 6.70. The predicted octanol–water partition coefficient (Wildman–Crippen LogP) is 2.01. The van der Waals surface area contributed by atoms with E-state index in [9.17, 15) is 4.79 Å². The number of para-hydroxylation sites is 2. The molecule has 0 atom stereocenters. The molecule has 0 saturated carbocycles. The fraction of sp³-hybridized carbons (Fsp3) is 0.348. The molecule has 3 rings (SSSR count). The number of nitrogens with two attached hydrogens (primary N) is 1. The first-order valence-corrected chi connectivity index (χ1v) is 10.4. The highest BCUT2D eigenvalue weighted by Crippen LogP contribution is 2.15. The summed E-state index contributed by atoms with van der Waals surface area (Å²) in [5.41, 5.74) is 8.46. The van der Waals surface area contributed by atoms with E-state index < -0.39 is 5.91 Å². The highest BCUT2D eigenvalue weighted by atomic mass is 16.5. The van der Waals surface area contributed by atoms with Crippen molar-refractivity contribution in [3.63, 3.8) is 0 Å². The molecule has 164 valence electrons. The number of primary amides is 1. The van der Waals surface area contributed by atoms with Gasteiger partial charge in [0.25, 0.3) is 5.91 Å². The fourth-order valence-electron chi connectivity index (χ4n) is 3.37. The lowest BCUT2D eigenvalue weighted by molar-refractivity contribution is -0.119. The summed E-state index contributed by atoms with van der Waals surface area (Å²) in [4.78, 5) is 19.7. The molecule has 0 fully saturated rings. The monoisotopic (exact) mass is 422 g/mol. The second-order valence-corrected chi connectivity index (χ2v) is 7.23. The molecule has 3 aromatic rings. The second-order valence-electron chi connectivity index (χ2n) is 7.23. The molecular weight excluding hydrogens is 392 g/mol. The normalized spacial score (nSPS) is 11.5. The Bertz CT molecular complexity index is 1030. The largest absolute Gasteiger partial charge is 0.484 e. The number of aliphatic imine (C=N–C) groups is 1. The molecule has 31 heavy (non-hydrogen) atoms. The van der Waals surface area contributed by atoms with E-state index in [1.807, 2.05) is 49.4 Å². The number of ether oxygens (including phenoxy) is 1. The van der Waals surface area contributed by atoms with Crippen molar-refractivity contribution in [2.75, 3.05) is 26.7 Å². The van der Waals surface area contributed by atoms with Gasteiger partial charge < -0.3 is 25.7 Å². The van der Waals surface area contributed by atoms with Crippen molar-refractivity contribution < 1.29 is 9.53 Å². The smallest absolute Gasteiger partial charge is 0.255 e. The van der Waals surface area contributed by atoms with Crippen LogP contribution in [0.5, 0.6) is 5.75 Å². The molecule has 0 unspecified atom stereocenters. The molecule has 0 bridgehead atoms. The molecule has 8 nitrogen and oxygen atoms in total. The van der Waals surface area contributed by atoms with E-state index in [0.29, 0.717) is 5.75 Å². The molecule has 0 aliphatic heterocycles. The molecule has 0 aliphatic rings. The van der Waals surface area contributed by atoms with Crippen molar-refractivity contribution in [1.29, 1.82) is 0 Å². The molecule has 0 aliphatic carbocycles. The number of hydrogen-bond donors (Lipinski definition) is 3. The predicted molar refractivity (Wildman–Crippen MR) is 123 cm³/mol. The fourth-order valence-corrected chi connectivity index (χ4v) is 3.37. The van der Waals surface area contributed by atoms with Crippen LogP contribution >= 0.6 is 0 Å². The van der Waals surface area contributed by atoms with Gasteiger partial charge in [-0.15, -0.1) is 0 Å². The van der Waals surface area contributed by atoms with Gasteiger partial charge in [-0.3, -0.25) is 9.79 Å². The topological polar surface area (TPSA) is 107 Å². The minimum absolute atomic E-state index is 0.112. The van der Waals surface area contributed by atoms with Crippen LogP contribution in [0.4, 0.5) is 0 Å². The molecule has 1 heterocycles. The van der Waals surface area contributed by atoms with Gasteiger partial charge in [-0.2, -0.15) is 0 Å². The Morgan fingerprint density at radius 1 is 1.13 bits per heavy atom. The van der Waals surface area contributed by atoms with Crippen molar-refractivity contribution >= 4 is 22.9 Å². The first-order chi connectivity index (χ1) is 15.1. The molecule has 4 N–H and O–H groups in total. The zero-order valence-corrected chi connectivity index (χ0v) is 18.1. The summed E-state index contributed by atoms with van der Waals surface area (Å²) in [7, 11) is 1.77. The van der Waals surface area contributed by atoms with E-state index in [1.165, 1.54) is 5.52 Å². The van der Waals surface area contributed by atoms with Gasteiger partial charge in [-0.1, -0.05) is 24.3 Å². The van der Waals surface area contributed by atoms with Crippen molar-refractivity contribution in [2.45, 2.75) is 26.3 Å². The van der Waals surface area contributed by atoms with Crippen LogP contribution in [0.2, 0.25) is 0 Å². The molecule has 1 aromatic heterocycles. The highest BCUT2D eigenvalue weighted by Gasteiger charge is 2.06. The average molecular weight is 423 g/mol. The first-order valence-electron chi connectivity index (χ1n) is 10.4. The minimum Gasteiger partial charge on any atom is -0.484 e. The van der Waals surface area contributed by atoms with Gasteiger partial charge in [0.1, 0.15) is 11.6 Å². The van der Waals surface area contributed by atoms with E-state index in [1.54, 1.807) is 7.05 Å². The van der Waals surface area contributed by atoms with Crippen LogP contribution in [0, 0.1) is 6.92 Å². The van der Waals surface area contributed by atoms with Crippen molar-refractivity contribution in [3.8, 4) is 5.75 Å². The quantitative estimate of drug-likeness (QED) is 0.263. The Labute approximate surface area is 182 Å². The number of carbonyl (C=O) groups is 1. The van der Waals surface area contributed by atoms with Crippen LogP contribution in [0.25, 0.3) is 11.0 Å². The molecule has 2 aromatic carbocycles. The summed E-state index contributed by atoms with van der Waals surface area (Å²) in [5.74, 6) is 1.97. The molecular formula is C23H30N6O2. The summed E-state index contributed by atoms with van der Waals surface area (Å²) in [6.07, 6.45) is 1.81. The number of aromatic nitrogens is 2. The number of nitrogens with one attached hydrogen (secondary N) is 2. The van der Waals surface area contributed by atoms with Crippen LogP contribution in [0.3, 0.4) is 0 Å². The number of imidazole rings is 1. The maximum absolute atomic E-state index is 10.8. The number of fused-ring (bicyclic) bond motifs is 1. The highest BCUT2D eigenvalue weighted by molar-refractivity contribution is 5.79. The Morgan fingerprint density at radius 2 is 1.87 bits per heavy atom. The summed E-state index contributed by atoms with van der Waals surface area (Å²) < 4.78 is 7.52. The van der Waals surface area contributed by atoms with E-state index in [-0.39, 0.29) is 6.61 Å². The lowest BCUT2D eigenvalue weighted by Crippen LogP contribution is -2.39. The van der Waals surface area contributed by atoms with E-state index >= 15 is 0 Å². The average Bonchev–Trinajstić information content (AvgIpc) is 3.09. The summed E-state index contributed by atoms with van der Waals surface area (Å²) >= 11 is 0. The van der Waals surface area contributed by atoms with Gasteiger partial charge in [-0.05, 0) is 49.6 Å². The van der Waals surface area contributed by atoms with Gasteiger partial charge in [0.05, 0.1) is 11.0 Å². The zero-order valence-electron chi connectivity index (χ0n) is 18.1. The van der Waals surface area contributed by atoms with Crippen molar-refractivity contribution in [3.05, 3.63) is 59.9 Å². The maximum Gasteiger partial charge on any atom is 0.255 e. The van der Waals surface area contributed by atoms with E-state index in [0.717, 1.165) is 55.3 Å². The zero-order chi connectivity index (χ0) is 22.1. The van der Waals surface area contributed by atoms with Crippen molar-refractivity contribution in [2.24, 2.45) is 10.7 Å². The van der Waals surface area contributed by atoms with Gasteiger partial charge in [0.2, 0.25) is 0 Å². The summed E-state index contributed by atoms with van der Waals surface area (Å²) in [6.45, 7) is 4.41. The van der Waals surface area contributed by atoms with Crippen LogP contribution < -0.4 is 21.1 Å². The Balaban J connectivity index is 1.38. The SMILES string of the molecule is CN=C(NCCCn1c(C)nc2ccccc21)NCCc1ccc(OCC(N)=O)cc1. The standard InChI is InChI=1S/C23H30N6O2/c1-17-28-20-6-3-4-7-21(20)29(17)15-5-13-26-23(25-2)27-14-12-18-8-10-19(11-9-18)31-16-22(24)30/h3-4,6-11H,5,12-16H2,1-2H3,(H2,24,30)(H2,25,26,27). The summed E-state index contributed by atoms with van der Waals surface area (Å²) in [6, 6.07) is 15.9. The third-order valence-corrected chi connectivity index (χ3v) is 4.93. The number of guanidine groups is 1. The Morgan fingerprint density at radius 3 is 2.61 bits per heavy atom. The second kappa shape index (κ2) is 11.0. The molecule has 0 spiro atoms. The van der Waals surface area contributed by atoms with Crippen LogP contribution in [0.15, 0.2) is 53.5 Å². The molecule has 8 heteroatoms. The number of benzene rings is 2. The maximum atomic E-state index is 10.8. The van der Waals surface area contributed by atoms with E-state index in [4.69, 9.17) is 10.5 Å². The van der Waals surface area contributed by atoms with Gasteiger partial charge in [0, 0.05) is 26.7 Å². The van der Waals surface area contributed by atoms with Gasteiger partial charge in [-0.25, -0.2) is 4.98 Å². The van der Waals surface area contributed by atoms with Gasteiger partial charge in [0.15, 0.2) is 12.6 Å². The first kappa shape index (κ1) is 22.1. The molecule has 0 radical (unpaired) electrons. The van der Waals surface area contributed by atoms with E-state index in [2.05, 4.69) is 31.2 Å². The number of amides is 1. The number of rotatable bonds is 10. The van der Waals surface area contributed by atoms with Crippen LogP contribution in [-0.4, -0.2) is 48.2 Å². The lowest BCUT2D eigenvalue weighted by atomic mass is 10.1. The third-order valence-electron chi connectivity index (χ3n) is 4.93. The molecule has 1 amide bonds. The van der Waals surface area contributed by atoms with Crippen molar-refractivity contribution in [1.82, 2.24) is 20.2 Å². The van der Waals surface area contributed by atoms with Gasteiger partial charge >= 0.3 is 0 Å².